The highest BCUT2D eigenvalue weighted by molar-refractivity contribution is 5.96. The summed E-state index contributed by atoms with van der Waals surface area (Å²) in [4.78, 5) is 14.9. The molecule has 2 aromatic heterocycles. The van der Waals surface area contributed by atoms with Crippen LogP contribution in [0.2, 0.25) is 0 Å². The molecule has 2 heterocycles. The number of hydrogen-bond acceptors (Lipinski definition) is 5. The van der Waals surface area contributed by atoms with Crippen molar-refractivity contribution in [3.05, 3.63) is 59.0 Å². The SMILES string of the molecule is O=[N+]([O-])c1ccc(NCCn2cccn2)c2ncccc12. The van der Waals surface area contributed by atoms with Gasteiger partial charge in [0.05, 0.1) is 22.5 Å². The lowest BCUT2D eigenvalue weighted by Gasteiger charge is -2.09. The maximum absolute atomic E-state index is 11.0. The lowest BCUT2D eigenvalue weighted by atomic mass is 10.1. The quantitative estimate of drug-likeness (QED) is 0.574. The number of nitrogens with zero attached hydrogens (tertiary/aromatic N) is 4. The molecule has 7 heteroatoms. The van der Waals surface area contributed by atoms with Gasteiger partial charge in [-0.25, -0.2) is 0 Å². The number of pyridine rings is 1. The summed E-state index contributed by atoms with van der Waals surface area (Å²) in [5.74, 6) is 0. The van der Waals surface area contributed by atoms with E-state index in [1.807, 2.05) is 16.9 Å². The van der Waals surface area contributed by atoms with Crippen LogP contribution in [-0.2, 0) is 6.54 Å². The van der Waals surface area contributed by atoms with Gasteiger partial charge >= 0.3 is 0 Å². The number of anilines is 1. The van der Waals surface area contributed by atoms with Crippen LogP contribution in [0.15, 0.2) is 48.9 Å². The summed E-state index contributed by atoms with van der Waals surface area (Å²) in [7, 11) is 0. The number of nitro groups is 1. The smallest absolute Gasteiger partial charge is 0.278 e. The van der Waals surface area contributed by atoms with Crippen molar-refractivity contribution in [3.8, 4) is 0 Å². The summed E-state index contributed by atoms with van der Waals surface area (Å²) in [5.41, 5.74) is 1.45. The molecule has 0 amide bonds. The van der Waals surface area contributed by atoms with Crippen LogP contribution in [0, 0.1) is 10.1 Å². The monoisotopic (exact) mass is 283 g/mol. The molecule has 0 saturated carbocycles. The molecule has 0 atom stereocenters. The van der Waals surface area contributed by atoms with Crippen molar-refractivity contribution in [1.82, 2.24) is 14.8 Å². The molecule has 1 aromatic carbocycles. The zero-order chi connectivity index (χ0) is 14.7. The Morgan fingerprint density at radius 2 is 2.14 bits per heavy atom. The molecule has 0 aliphatic heterocycles. The van der Waals surface area contributed by atoms with E-state index in [2.05, 4.69) is 15.4 Å². The van der Waals surface area contributed by atoms with E-state index in [1.165, 1.54) is 6.07 Å². The highest BCUT2D eigenvalue weighted by Crippen LogP contribution is 2.29. The van der Waals surface area contributed by atoms with Gasteiger partial charge in [-0.3, -0.25) is 19.8 Å². The van der Waals surface area contributed by atoms with Gasteiger partial charge in [-0.2, -0.15) is 5.10 Å². The van der Waals surface area contributed by atoms with Gasteiger partial charge in [-0.15, -0.1) is 0 Å². The van der Waals surface area contributed by atoms with Crippen LogP contribution in [0.3, 0.4) is 0 Å². The number of nitrogens with one attached hydrogen (secondary N) is 1. The topological polar surface area (TPSA) is 85.9 Å². The summed E-state index contributed by atoms with van der Waals surface area (Å²) in [6.07, 6.45) is 5.24. The second-order valence-corrected chi connectivity index (χ2v) is 4.48. The number of hydrogen-bond donors (Lipinski definition) is 1. The molecule has 0 unspecified atom stereocenters. The summed E-state index contributed by atoms with van der Waals surface area (Å²) in [6, 6.07) is 8.46. The minimum atomic E-state index is -0.391. The summed E-state index contributed by atoms with van der Waals surface area (Å²) < 4.78 is 1.81. The maximum atomic E-state index is 11.0. The lowest BCUT2D eigenvalue weighted by molar-refractivity contribution is -0.383. The van der Waals surface area contributed by atoms with Gasteiger partial charge in [0.25, 0.3) is 5.69 Å². The van der Waals surface area contributed by atoms with Crippen LogP contribution in [0.1, 0.15) is 0 Å². The van der Waals surface area contributed by atoms with Crippen molar-refractivity contribution in [3.63, 3.8) is 0 Å². The van der Waals surface area contributed by atoms with Gasteiger partial charge in [0.1, 0.15) is 5.52 Å². The molecule has 0 spiro atoms. The van der Waals surface area contributed by atoms with E-state index in [4.69, 9.17) is 0 Å². The van der Waals surface area contributed by atoms with E-state index >= 15 is 0 Å². The lowest BCUT2D eigenvalue weighted by Crippen LogP contribution is -2.11. The van der Waals surface area contributed by atoms with Gasteiger partial charge < -0.3 is 5.32 Å². The molecular weight excluding hydrogens is 270 g/mol. The van der Waals surface area contributed by atoms with Crippen molar-refractivity contribution in [2.24, 2.45) is 0 Å². The van der Waals surface area contributed by atoms with Crippen LogP contribution >= 0.6 is 0 Å². The molecule has 0 radical (unpaired) electrons. The standard InChI is InChI=1S/C14H13N5O2/c20-19(21)13-5-4-12(14-11(13)3-1-6-16-14)15-8-10-18-9-2-7-17-18/h1-7,9,15H,8,10H2. The second kappa shape index (κ2) is 5.58. The predicted octanol–water partition coefficient (Wildman–Crippen LogP) is 2.45. The predicted molar refractivity (Wildman–Crippen MR) is 79.1 cm³/mol. The molecule has 3 rings (SSSR count). The van der Waals surface area contributed by atoms with Crippen molar-refractivity contribution in [2.75, 3.05) is 11.9 Å². The van der Waals surface area contributed by atoms with E-state index in [1.54, 1.807) is 30.6 Å². The fraction of sp³-hybridized carbons (Fsp3) is 0.143. The number of fused-ring (bicyclic) bond motifs is 1. The highest BCUT2D eigenvalue weighted by atomic mass is 16.6. The third-order valence-corrected chi connectivity index (χ3v) is 3.16. The van der Waals surface area contributed by atoms with Gasteiger partial charge in [0.15, 0.2) is 0 Å². The molecule has 0 bridgehead atoms. The molecule has 21 heavy (non-hydrogen) atoms. The zero-order valence-electron chi connectivity index (χ0n) is 11.1. The average molecular weight is 283 g/mol. The third-order valence-electron chi connectivity index (χ3n) is 3.16. The molecule has 3 aromatic rings. The van der Waals surface area contributed by atoms with Crippen LogP contribution in [0.25, 0.3) is 10.9 Å². The van der Waals surface area contributed by atoms with Crippen molar-refractivity contribution < 1.29 is 4.92 Å². The van der Waals surface area contributed by atoms with Gasteiger partial charge in [0.2, 0.25) is 0 Å². The molecule has 1 N–H and O–H groups in total. The van der Waals surface area contributed by atoms with Crippen molar-refractivity contribution in [2.45, 2.75) is 6.54 Å². The first-order valence-electron chi connectivity index (χ1n) is 6.49. The first kappa shape index (κ1) is 13.0. The molecule has 0 saturated heterocycles. The van der Waals surface area contributed by atoms with E-state index in [0.29, 0.717) is 24.0 Å². The number of rotatable bonds is 5. The van der Waals surface area contributed by atoms with Crippen LogP contribution in [0.5, 0.6) is 0 Å². The fourth-order valence-electron chi connectivity index (χ4n) is 2.20. The Morgan fingerprint density at radius 1 is 1.24 bits per heavy atom. The van der Waals surface area contributed by atoms with Gasteiger partial charge in [-0.05, 0) is 24.3 Å². The molecule has 0 aliphatic carbocycles. The molecule has 0 aliphatic rings. The van der Waals surface area contributed by atoms with E-state index < -0.39 is 4.92 Å². The first-order chi connectivity index (χ1) is 10.3. The minimum Gasteiger partial charge on any atom is -0.381 e. The summed E-state index contributed by atoms with van der Waals surface area (Å²) >= 11 is 0. The van der Waals surface area contributed by atoms with Gasteiger partial charge in [0, 0.05) is 31.2 Å². The summed E-state index contributed by atoms with van der Waals surface area (Å²) in [5, 5.41) is 18.9. The van der Waals surface area contributed by atoms with Gasteiger partial charge in [-0.1, -0.05) is 0 Å². The average Bonchev–Trinajstić information content (AvgIpc) is 3.00. The number of benzene rings is 1. The van der Waals surface area contributed by atoms with Crippen LogP contribution in [-0.4, -0.2) is 26.2 Å². The van der Waals surface area contributed by atoms with Crippen molar-refractivity contribution >= 4 is 22.3 Å². The number of nitro benzene ring substituents is 1. The Hall–Kier alpha value is -2.96. The Labute approximate surface area is 120 Å². The zero-order valence-corrected chi connectivity index (χ0v) is 11.1. The molecular formula is C14H13N5O2. The van der Waals surface area contributed by atoms with E-state index in [-0.39, 0.29) is 5.69 Å². The second-order valence-electron chi connectivity index (χ2n) is 4.48. The Kier molecular flexibility index (Phi) is 3.46. The summed E-state index contributed by atoms with van der Waals surface area (Å²) in [6.45, 7) is 1.36. The van der Waals surface area contributed by atoms with E-state index in [0.717, 1.165) is 5.69 Å². The van der Waals surface area contributed by atoms with E-state index in [9.17, 15) is 10.1 Å². The largest absolute Gasteiger partial charge is 0.381 e. The third kappa shape index (κ3) is 2.66. The van der Waals surface area contributed by atoms with Crippen LogP contribution < -0.4 is 5.32 Å². The Balaban J connectivity index is 1.85. The number of non-ortho nitro benzene ring substituents is 1. The molecule has 106 valence electrons. The molecule has 0 fully saturated rings. The number of aromatic nitrogens is 3. The Morgan fingerprint density at radius 3 is 2.90 bits per heavy atom. The highest BCUT2D eigenvalue weighted by Gasteiger charge is 2.14. The first-order valence-corrected chi connectivity index (χ1v) is 6.49. The van der Waals surface area contributed by atoms with Crippen molar-refractivity contribution in [1.29, 1.82) is 0 Å². The molecule has 7 nitrogen and oxygen atoms in total. The van der Waals surface area contributed by atoms with Crippen LogP contribution in [0.4, 0.5) is 11.4 Å². The fourth-order valence-corrected chi connectivity index (χ4v) is 2.20. The maximum Gasteiger partial charge on any atom is 0.278 e. The minimum absolute atomic E-state index is 0.0655. The Bertz CT molecular complexity index is 770. The normalized spacial score (nSPS) is 10.7.